The molecule has 0 bridgehead atoms. The first kappa shape index (κ1) is 19.6. The SMILES string of the molecule is Cc1cc(C)nc(NCN2CCN(Cc3ccc(C(F)(F)F)cc3)CC2)c1. The molecule has 4 nitrogen and oxygen atoms in total. The summed E-state index contributed by atoms with van der Waals surface area (Å²) in [4.78, 5) is 9.08. The summed E-state index contributed by atoms with van der Waals surface area (Å²) in [6.07, 6.45) is -4.28. The van der Waals surface area contributed by atoms with E-state index >= 15 is 0 Å². The van der Waals surface area contributed by atoms with Gasteiger partial charge in [-0.05, 0) is 49.2 Å². The van der Waals surface area contributed by atoms with Crippen LogP contribution in [0.25, 0.3) is 0 Å². The fourth-order valence-corrected chi connectivity index (χ4v) is 3.29. The summed E-state index contributed by atoms with van der Waals surface area (Å²) in [5.41, 5.74) is 2.50. The zero-order valence-electron chi connectivity index (χ0n) is 15.7. The minimum atomic E-state index is -4.28. The number of aryl methyl sites for hydroxylation is 2. The molecule has 1 aromatic carbocycles. The predicted octanol–water partition coefficient (Wildman–Crippen LogP) is 3.90. The predicted molar refractivity (Wildman–Crippen MR) is 100 cm³/mol. The third kappa shape index (κ3) is 5.68. The van der Waals surface area contributed by atoms with Gasteiger partial charge >= 0.3 is 6.18 Å². The van der Waals surface area contributed by atoms with E-state index in [1.807, 2.05) is 19.1 Å². The molecule has 146 valence electrons. The van der Waals surface area contributed by atoms with Crippen molar-refractivity contribution in [1.82, 2.24) is 14.8 Å². The molecule has 1 N–H and O–H groups in total. The molecule has 0 unspecified atom stereocenters. The number of hydrogen-bond donors (Lipinski definition) is 1. The Morgan fingerprint density at radius 3 is 2.19 bits per heavy atom. The number of benzene rings is 1. The number of nitrogens with one attached hydrogen (secondary N) is 1. The van der Waals surface area contributed by atoms with E-state index in [1.54, 1.807) is 12.1 Å². The number of aromatic nitrogens is 1. The molecule has 0 spiro atoms. The molecule has 1 aromatic heterocycles. The van der Waals surface area contributed by atoms with Crippen LogP contribution in [-0.4, -0.2) is 47.6 Å². The van der Waals surface area contributed by atoms with Crippen LogP contribution < -0.4 is 5.32 Å². The second-order valence-corrected chi connectivity index (χ2v) is 7.09. The number of nitrogens with zero attached hydrogens (tertiary/aromatic N) is 3. The van der Waals surface area contributed by atoms with Crippen LogP contribution in [-0.2, 0) is 12.7 Å². The van der Waals surface area contributed by atoms with Gasteiger partial charge in [-0.2, -0.15) is 13.2 Å². The van der Waals surface area contributed by atoms with Crippen molar-refractivity contribution in [3.05, 3.63) is 58.8 Å². The summed E-state index contributed by atoms with van der Waals surface area (Å²) >= 11 is 0. The van der Waals surface area contributed by atoms with Crippen LogP contribution in [0.3, 0.4) is 0 Å². The van der Waals surface area contributed by atoms with Crippen LogP contribution in [0.2, 0.25) is 0 Å². The fourth-order valence-electron chi connectivity index (χ4n) is 3.29. The average molecular weight is 378 g/mol. The maximum Gasteiger partial charge on any atom is 0.416 e. The number of hydrogen-bond acceptors (Lipinski definition) is 4. The average Bonchev–Trinajstić information content (AvgIpc) is 2.60. The lowest BCUT2D eigenvalue weighted by atomic mass is 10.1. The van der Waals surface area contributed by atoms with Gasteiger partial charge < -0.3 is 5.32 Å². The van der Waals surface area contributed by atoms with E-state index in [9.17, 15) is 13.2 Å². The molecule has 0 radical (unpaired) electrons. The zero-order valence-corrected chi connectivity index (χ0v) is 15.7. The summed E-state index contributed by atoms with van der Waals surface area (Å²) in [7, 11) is 0. The number of piperazine rings is 1. The second-order valence-electron chi connectivity index (χ2n) is 7.09. The molecular formula is C20H25F3N4. The Labute approximate surface area is 158 Å². The van der Waals surface area contributed by atoms with E-state index in [-0.39, 0.29) is 0 Å². The van der Waals surface area contributed by atoms with E-state index in [1.165, 1.54) is 5.56 Å². The zero-order chi connectivity index (χ0) is 19.4. The first-order chi connectivity index (χ1) is 12.8. The van der Waals surface area contributed by atoms with Gasteiger partial charge in [-0.25, -0.2) is 4.98 Å². The van der Waals surface area contributed by atoms with Crippen LogP contribution in [0.1, 0.15) is 22.4 Å². The van der Waals surface area contributed by atoms with E-state index < -0.39 is 11.7 Å². The van der Waals surface area contributed by atoms with Crippen molar-refractivity contribution < 1.29 is 13.2 Å². The molecule has 7 heteroatoms. The van der Waals surface area contributed by atoms with Gasteiger partial charge in [-0.3, -0.25) is 9.80 Å². The highest BCUT2D eigenvalue weighted by atomic mass is 19.4. The summed E-state index contributed by atoms with van der Waals surface area (Å²) in [6.45, 7) is 9.07. The lowest BCUT2D eigenvalue weighted by Gasteiger charge is -2.34. The molecule has 2 heterocycles. The van der Waals surface area contributed by atoms with Gasteiger partial charge in [0.1, 0.15) is 5.82 Å². The first-order valence-corrected chi connectivity index (χ1v) is 9.09. The van der Waals surface area contributed by atoms with E-state index in [0.717, 1.165) is 62.1 Å². The summed E-state index contributed by atoms with van der Waals surface area (Å²) in [5.74, 6) is 0.889. The number of halogens is 3. The van der Waals surface area contributed by atoms with E-state index in [0.29, 0.717) is 6.54 Å². The molecule has 0 saturated carbocycles. The Balaban J connectivity index is 1.45. The number of rotatable bonds is 5. The normalized spacial score (nSPS) is 16.5. The maximum atomic E-state index is 12.6. The molecule has 0 aliphatic carbocycles. The lowest BCUT2D eigenvalue weighted by Crippen LogP contribution is -2.47. The number of anilines is 1. The van der Waals surface area contributed by atoms with Crippen molar-refractivity contribution in [3.63, 3.8) is 0 Å². The summed E-state index contributed by atoms with van der Waals surface area (Å²) in [6, 6.07) is 9.54. The standard InChI is InChI=1S/C20H25F3N4/c1-15-11-16(2)25-19(12-15)24-14-27-9-7-26(8-10-27)13-17-3-5-18(6-4-17)20(21,22)23/h3-6,11-12H,7-10,13-14H2,1-2H3,(H,24,25). The van der Waals surface area contributed by atoms with Crippen molar-refractivity contribution >= 4 is 5.82 Å². The van der Waals surface area contributed by atoms with Crippen LogP contribution in [0, 0.1) is 13.8 Å². The quantitative estimate of drug-likeness (QED) is 0.855. The van der Waals surface area contributed by atoms with Crippen molar-refractivity contribution in [3.8, 4) is 0 Å². The van der Waals surface area contributed by atoms with Crippen molar-refractivity contribution in [2.24, 2.45) is 0 Å². The molecule has 0 amide bonds. The monoisotopic (exact) mass is 378 g/mol. The Hall–Kier alpha value is -2.12. The fraction of sp³-hybridized carbons (Fsp3) is 0.450. The lowest BCUT2D eigenvalue weighted by molar-refractivity contribution is -0.137. The van der Waals surface area contributed by atoms with Crippen molar-refractivity contribution in [1.29, 1.82) is 0 Å². The van der Waals surface area contributed by atoms with Crippen molar-refractivity contribution in [2.75, 3.05) is 38.2 Å². The van der Waals surface area contributed by atoms with Gasteiger partial charge in [0.15, 0.2) is 0 Å². The van der Waals surface area contributed by atoms with Crippen molar-refractivity contribution in [2.45, 2.75) is 26.6 Å². The largest absolute Gasteiger partial charge is 0.416 e. The molecule has 1 fully saturated rings. The Kier molecular flexibility index (Phi) is 6.01. The molecule has 1 aliphatic rings. The van der Waals surface area contributed by atoms with Gasteiger partial charge in [0.2, 0.25) is 0 Å². The number of pyridine rings is 1. The minimum Gasteiger partial charge on any atom is -0.357 e. The van der Waals surface area contributed by atoms with Crippen LogP contribution in [0.4, 0.5) is 19.0 Å². The van der Waals surface area contributed by atoms with E-state index in [2.05, 4.69) is 27.0 Å². The molecular weight excluding hydrogens is 353 g/mol. The second kappa shape index (κ2) is 8.27. The topological polar surface area (TPSA) is 31.4 Å². The Bertz CT molecular complexity index is 731. The van der Waals surface area contributed by atoms with Gasteiger partial charge in [-0.1, -0.05) is 12.1 Å². The highest BCUT2D eigenvalue weighted by Gasteiger charge is 2.30. The van der Waals surface area contributed by atoms with Gasteiger partial charge in [0.25, 0.3) is 0 Å². The molecule has 27 heavy (non-hydrogen) atoms. The maximum absolute atomic E-state index is 12.6. The van der Waals surface area contributed by atoms with E-state index in [4.69, 9.17) is 0 Å². The molecule has 2 aromatic rings. The highest BCUT2D eigenvalue weighted by Crippen LogP contribution is 2.29. The summed E-state index contributed by atoms with van der Waals surface area (Å²) in [5, 5.41) is 3.37. The van der Waals surface area contributed by atoms with Gasteiger partial charge in [-0.15, -0.1) is 0 Å². The summed E-state index contributed by atoms with van der Waals surface area (Å²) < 4.78 is 37.9. The molecule has 1 saturated heterocycles. The Morgan fingerprint density at radius 1 is 0.963 bits per heavy atom. The minimum absolute atomic E-state index is 0.595. The number of alkyl halides is 3. The molecule has 0 atom stereocenters. The highest BCUT2D eigenvalue weighted by molar-refractivity contribution is 5.38. The first-order valence-electron chi connectivity index (χ1n) is 9.09. The van der Waals surface area contributed by atoms with Gasteiger partial charge in [0.05, 0.1) is 12.2 Å². The van der Waals surface area contributed by atoms with Crippen LogP contribution in [0.15, 0.2) is 36.4 Å². The van der Waals surface area contributed by atoms with Gasteiger partial charge in [0, 0.05) is 38.4 Å². The molecule has 1 aliphatic heterocycles. The van der Waals surface area contributed by atoms with Crippen LogP contribution >= 0.6 is 0 Å². The third-order valence-electron chi connectivity index (χ3n) is 4.73. The molecule has 3 rings (SSSR count). The third-order valence-corrected chi connectivity index (χ3v) is 4.73. The smallest absolute Gasteiger partial charge is 0.357 e. The Morgan fingerprint density at radius 2 is 1.59 bits per heavy atom. The van der Waals surface area contributed by atoms with Crippen LogP contribution in [0.5, 0.6) is 0 Å².